The lowest BCUT2D eigenvalue weighted by Crippen LogP contribution is -1.98. The Morgan fingerprint density at radius 2 is 2.07 bits per heavy atom. The summed E-state index contributed by atoms with van der Waals surface area (Å²) < 4.78 is 1.04. The van der Waals surface area contributed by atoms with Gasteiger partial charge in [0.25, 0.3) is 0 Å². The molecule has 0 saturated carbocycles. The zero-order valence-corrected chi connectivity index (χ0v) is 10.4. The van der Waals surface area contributed by atoms with E-state index < -0.39 is 0 Å². The molecule has 0 amide bonds. The smallest absolute Gasteiger partial charge is 0.159 e. The van der Waals surface area contributed by atoms with Crippen molar-refractivity contribution in [2.24, 2.45) is 5.92 Å². The van der Waals surface area contributed by atoms with Crippen LogP contribution in [-0.2, 0) is 6.42 Å². The molecule has 0 bridgehead atoms. The van der Waals surface area contributed by atoms with Crippen LogP contribution in [0.1, 0.15) is 36.7 Å². The molecule has 0 aliphatic heterocycles. The summed E-state index contributed by atoms with van der Waals surface area (Å²) in [4.78, 5) is 11.1. The molecule has 0 saturated heterocycles. The highest BCUT2D eigenvalue weighted by Gasteiger charge is 2.05. The topological polar surface area (TPSA) is 17.1 Å². The number of rotatable bonds is 3. The number of carbonyl (C=O) groups excluding carboxylic acids is 1. The molecule has 0 fully saturated rings. The predicted octanol–water partition coefficient (Wildman–Crippen LogP) is 3.85. The lowest BCUT2D eigenvalue weighted by molar-refractivity contribution is 0.101. The first-order valence-electron chi connectivity index (χ1n) is 4.80. The lowest BCUT2D eigenvalue weighted by atomic mass is 10.0. The molecule has 1 nitrogen and oxygen atoms in total. The molecular formula is C12H15BrO. The Bertz CT molecular complexity index is 342. The highest BCUT2D eigenvalue weighted by Crippen LogP contribution is 2.21. The van der Waals surface area contributed by atoms with E-state index in [4.69, 9.17) is 0 Å². The van der Waals surface area contributed by atoms with Crippen molar-refractivity contribution < 1.29 is 4.79 Å². The van der Waals surface area contributed by atoms with Gasteiger partial charge in [0.2, 0.25) is 0 Å². The van der Waals surface area contributed by atoms with E-state index in [1.165, 1.54) is 5.56 Å². The zero-order chi connectivity index (χ0) is 10.7. The third-order valence-electron chi connectivity index (χ3n) is 2.09. The first-order valence-corrected chi connectivity index (χ1v) is 5.59. The van der Waals surface area contributed by atoms with Gasteiger partial charge in [0.1, 0.15) is 0 Å². The van der Waals surface area contributed by atoms with E-state index in [2.05, 4.69) is 29.8 Å². The molecule has 1 rings (SSSR count). The first kappa shape index (κ1) is 11.4. The first-order chi connectivity index (χ1) is 6.50. The number of carbonyl (C=O) groups is 1. The monoisotopic (exact) mass is 254 g/mol. The predicted molar refractivity (Wildman–Crippen MR) is 62.7 cm³/mol. The number of benzene rings is 1. The van der Waals surface area contributed by atoms with Gasteiger partial charge < -0.3 is 0 Å². The Morgan fingerprint density at radius 1 is 1.43 bits per heavy atom. The normalized spacial score (nSPS) is 10.6. The summed E-state index contributed by atoms with van der Waals surface area (Å²) in [5, 5.41) is 0. The van der Waals surface area contributed by atoms with Gasteiger partial charge in [-0.1, -0.05) is 41.9 Å². The van der Waals surface area contributed by atoms with Crippen LogP contribution in [0.3, 0.4) is 0 Å². The van der Waals surface area contributed by atoms with E-state index in [1.54, 1.807) is 6.92 Å². The minimum Gasteiger partial charge on any atom is -0.295 e. The molecule has 0 atom stereocenters. The number of ketones is 1. The van der Waals surface area contributed by atoms with Crippen molar-refractivity contribution in [1.29, 1.82) is 0 Å². The summed E-state index contributed by atoms with van der Waals surface area (Å²) in [5.74, 6) is 0.747. The highest BCUT2D eigenvalue weighted by molar-refractivity contribution is 9.10. The van der Waals surface area contributed by atoms with E-state index in [-0.39, 0.29) is 5.78 Å². The number of Topliss-reactive ketones (excluding diaryl/α,β-unsaturated/α-hetero) is 1. The number of halogens is 1. The Hall–Kier alpha value is -0.630. The molecule has 0 N–H and O–H groups in total. The summed E-state index contributed by atoms with van der Waals surface area (Å²) in [6.45, 7) is 5.96. The molecule has 0 aliphatic rings. The largest absolute Gasteiger partial charge is 0.295 e. The van der Waals surface area contributed by atoms with Gasteiger partial charge in [-0.25, -0.2) is 0 Å². The van der Waals surface area contributed by atoms with Crippen LogP contribution < -0.4 is 0 Å². The average molecular weight is 255 g/mol. The molecule has 0 radical (unpaired) electrons. The van der Waals surface area contributed by atoms with Gasteiger partial charge in [0.15, 0.2) is 5.78 Å². The van der Waals surface area contributed by atoms with Gasteiger partial charge in [-0.3, -0.25) is 4.79 Å². The van der Waals surface area contributed by atoms with Crippen molar-refractivity contribution in [2.45, 2.75) is 27.2 Å². The summed E-state index contributed by atoms with van der Waals surface area (Å²) in [6, 6.07) is 5.83. The van der Waals surface area contributed by atoms with Crippen molar-refractivity contribution in [1.82, 2.24) is 0 Å². The Morgan fingerprint density at radius 3 is 2.50 bits per heavy atom. The maximum absolute atomic E-state index is 11.1. The second-order valence-corrected chi connectivity index (χ2v) is 4.81. The zero-order valence-electron chi connectivity index (χ0n) is 8.80. The Labute approximate surface area is 93.7 Å². The summed E-state index contributed by atoms with van der Waals surface area (Å²) >= 11 is 3.49. The molecule has 0 unspecified atom stereocenters. The van der Waals surface area contributed by atoms with Crippen LogP contribution in [0.15, 0.2) is 22.7 Å². The van der Waals surface area contributed by atoms with Gasteiger partial charge in [-0.15, -0.1) is 0 Å². The summed E-state index contributed by atoms with van der Waals surface area (Å²) in [5.41, 5.74) is 2.04. The van der Waals surface area contributed by atoms with Gasteiger partial charge in [0, 0.05) is 10.0 Å². The van der Waals surface area contributed by atoms with Crippen LogP contribution in [0.5, 0.6) is 0 Å². The van der Waals surface area contributed by atoms with Crippen LogP contribution in [0.25, 0.3) is 0 Å². The van der Waals surface area contributed by atoms with Gasteiger partial charge in [-0.05, 0) is 30.9 Å². The standard InChI is InChI=1S/C12H15BrO/c1-8(2)6-11-5-4-10(9(3)14)7-12(11)13/h4-5,7-8H,6H2,1-3H3. The molecule has 0 aromatic heterocycles. The van der Waals surface area contributed by atoms with E-state index >= 15 is 0 Å². The molecule has 14 heavy (non-hydrogen) atoms. The molecule has 76 valence electrons. The fourth-order valence-corrected chi connectivity index (χ4v) is 1.91. The molecule has 1 aromatic rings. The Balaban J connectivity index is 2.95. The van der Waals surface area contributed by atoms with Crippen LogP contribution in [-0.4, -0.2) is 5.78 Å². The fourth-order valence-electron chi connectivity index (χ4n) is 1.37. The highest BCUT2D eigenvalue weighted by atomic mass is 79.9. The third-order valence-corrected chi connectivity index (χ3v) is 2.83. The van der Waals surface area contributed by atoms with Crippen molar-refractivity contribution in [3.05, 3.63) is 33.8 Å². The van der Waals surface area contributed by atoms with Crippen LogP contribution in [0.4, 0.5) is 0 Å². The summed E-state index contributed by atoms with van der Waals surface area (Å²) in [7, 11) is 0. The molecular weight excluding hydrogens is 240 g/mol. The molecule has 0 heterocycles. The second kappa shape index (κ2) is 4.74. The molecule has 1 aromatic carbocycles. The maximum atomic E-state index is 11.1. The van der Waals surface area contributed by atoms with Crippen molar-refractivity contribution >= 4 is 21.7 Å². The molecule has 0 aliphatic carbocycles. The van der Waals surface area contributed by atoms with Crippen molar-refractivity contribution in [3.8, 4) is 0 Å². The average Bonchev–Trinajstić information content (AvgIpc) is 2.07. The van der Waals surface area contributed by atoms with Crippen LogP contribution in [0.2, 0.25) is 0 Å². The number of hydrogen-bond acceptors (Lipinski definition) is 1. The van der Waals surface area contributed by atoms with Crippen molar-refractivity contribution in [2.75, 3.05) is 0 Å². The SMILES string of the molecule is CC(=O)c1ccc(CC(C)C)c(Br)c1. The van der Waals surface area contributed by atoms with Gasteiger partial charge in [0.05, 0.1) is 0 Å². The Kier molecular flexibility index (Phi) is 3.87. The summed E-state index contributed by atoms with van der Waals surface area (Å²) in [6.07, 6.45) is 1.04. The van der Waals surface area contributed by atoms with E-state index in [9.17, 15) is 4.79 Å². The quantitative estimate of drug-likeness (QED) is 0.750. The molecule has 2 heteroatoms. The van der Waals surface area contributed by atoms with Crippen LogP contribution >= 0.6 is 15.9 Å². The van der Waals surface area contributed by atoms with Crippen molar-refractivity contribution in [3.63, 3.8) is 0 Å². The maximum Gasteiger partial charge on any atom is 0.159 e. The third kappa shape index (κ3) is 2.95. The minimum atomic E-state index is 0.113. The van der Waals surface area contributed by atoms with Gasteiger partial charge in [-0.2, -0.15) is 0 Å². The van der Waals surface area contributed by atoms with E-state index in [0.29, 0.717) is 5.92 Å². The minimum absolute atomic E-state index is 0.113. The fraction of sp³-hybridized carbons (Fsp3) is 0.417. The number of hydrogen-bond donors (Lipinski definition) is 0. The van der Waals surface area contributed by atoms with Gasteiger partial charge >= 0.3 is 0 Å². The molecule has 0 spiro atoms. The van der Waals surface area contributed by atoms with E-state index in [1.807, 2.05) is 18.2 Å². The van der Waals surface area contributed by atoms with E-state index in [0.717, 1.165) is 16.5 Å². The lowest BCUT2D eigenvalue weighted by Gasteiger charge is -2.08. The second-order valence-electron chi connectivity index (χ2n) is 3.96. The van der Waals surface area contributed by atoms with Crippen LogP contribution in [0, 0.1) is 5.92 Å².